The summed E-state index contributed by atoms with van der Waals surface area (Å²) in [5.74, 6) is -0.904. The molecule has 6 nitrogen and oxygen atoms in total. The fourth-order valence-electron chi connectivity index (χ4n) is 2.95. The lowest BCUT2D eigenvalue weighted by atomic mass is 10.1. The Morgan fingerprint density at radius 2 is 1.65 bits per heavy atom. The molecule has 1 aliphatic heterocycles. The maximum Gasteiger partial charge on any atom is 0.180 e. The van der Waals surface area contributed by atoms with Crippen molar-refractivity contribution in [2.75, 3.05) is 5.12 Å². The number of anilines is 1. The van der Waals surface area contributed by atoms with Crippen LogP contribution in [0.25, 0.3) is 0 Å². The molecule has 134 valence electrons. The highest BCUT2D eigenvalue weighted by atomic mass is 32.1. The predicted octanol–water partition coefficient (Wildman–Crippen LogP) is 2.78. The highest BCUT2D eigenvalue weighted by Gasteiger charge is 2.41. The zero-order valence-corrected chi connectivity index (χ0v) is 15.6. The number of aromatic nitrogens is 1. The Labute approximate surface area is 157 Å². The summed E-state index contributed by atoms with van der Waals surface area (Å²) in [5.41, 5.74) is 16.5. The van der Waals surface area contributed by atoms with Crippen LogP contribution in [0.5, 0.6) is 0 Å². The van der Waals surface area contributed by atoms with Gasteiger partial charge in [-0.25, -0.2) is 10.1 Å². The molecular formula is C19H22N6S. The lowest BCUT2D eigenvalue weighted by Gasteiger charge is -2.26. The van der Waals surface area contributed by atoms with E-state index in [1.165, 1.54) is 4.88 Å². The number of thiazole rings is 1. The van der Waals surface area contributed by atoms with E-state index in [-0.39, 0.29) is 0 Å². The molecule has 1 atom stereocenters. The van der Waals surface area contributed by atoms with Gasteiger partial charge in [0.15, 0.2) is 5.79 Å². The second-order valence-corrected chi connectivity index (χ2v) is 7.64. The predicted molar refractivity (Wildman–Crippen MR) is 105 cm³/mol. The lowest BCUT2D eigenvalue weighted by molar-refractivity contribution is 0.173. The van der Waals surface area contributed by atoms with Gasteiger partial charge in [-0.15, -0.1) is 16.5 Å². The van der Waals surface area contributed by atoms with Gasteiger partial charge in [0, 0.05) is 10.4 Å². The van der Waals surface area contributed by atoms with Gasteiger partial charge in [0.05, 0.1) is 17.9 Å². The van der Waals surface area contributed by atoms with E-state index in [4.69, 9.17) is 5.73 Å². The van der Waals surface area contributed by atoms with Crippen LogP contribution in [0.2, 0.25) is 0 Å². The summed E-state index contributed by atoms with van der Waals surface area (Å²) in [6.07, 6.45) is 0. The molecule has 1 saturated heterocycles. The van der Waals surface area contributed by atoms with Crippen LogP contribution < -0.4 is 21.7 Å². The molecule has 1 aromatic heterocycles. The average Bonchev–Trinajstić information content (AvgIpc) is 3.16. The zero-order valence-electron chi connectivity index (χ0n) is 14.8. The normalized spacial score (nSPS) is 20.7. The first-order valence-corrected chi connectivity index (χ1v) is 9.32. The van der Waals surface area contributed by atoms with Gasteiger partial charge in [0.25, 0.3) is 0 Å². The fourth-order valence-corrected chi connectivity index (χ4v) is 3.87. The molecule has 2 heterocycles. The molecule has 4 N–H and O–H groups in total. The van der Waals surface area contributed by atoms with Gasteiger partial charge in [0.1, 0.15) is 5.01 Å². The lowest BCUT2D eigenvalue weighted by Crippen LogP contribution is -2.56. The Kier molecular flexibility index (Phi) is 4.47. The molecule has 4 rings (SSSR count). The van der Waals surface area contributed by atoms with Gasteiger partial charge >= 0.3 is 0 Å². The molecule has 0 amide bonds. The second kappa shape index (κ2) is 6.79. The number of aryl methyl sites for hydroxylation is 2. The van der Waals surface area contributed by atoms with Crippen LogP contribution in [0, 0.1) is 13.8 Å². The minimum absolute atomic E-state index is 0.604. The first-order valence-electron chi connectivity index (χ1n) is 8.51. The van der Waals surface area contributed by atoms with Gasteiger partial charge in [-0.05, 0) is 26.0 Å². The quantitative estimate of drug-likeness (QED) is 0.660. The Bertz CT molecular complexity index is 862. The molecule has 0 aliphatic carbocycles. The van der Waals surface area contributed by atoms with Crippen molar-refractivity contribution in [2.45, 2.75) is 26.2 Å². The van der Waals surface area contributed by atoms with Gasteiger partial charge in [-0.2, -0.15) is 10.9 Å². The van der Waals surface area contributed by atoms with Crippen molar-refractivity contribution in [3.63, 3.8) is 0 Å². The van der Waals surface area contributed by atoms with Crippen LogP contribution in [-0.4, -0.2) is 10.1 Å². The van der Waals surface area contributed by atoms with Gasteiger partial charge < -0.3 is 0 Å². The first kappa shape index (κ1) is 17.1. The van der Waals surface area contributed by atoms with E-state index >= 15 is 0 Å². The van der Waals surface area contributed by atoms with E-state index in [0.717, 1.165) is 22.0 Å². The molecular weight excluding hydrogens is 344 g/mol. The van der Waals surface area contributed by atoms with Crippen LogP contribution in [0.15, 0.2) is 60.7 Å². The summed E-state index contributed by atoms with van der Waals surface area (Å²) < 4.78 is 0. The average molecular weight is 366 g/mol. The van der Waals surface area contributed by atoms with E-state index in [2.05, 4.69) is 22.8 Å². The van der Waals surface area contributed by atoms with Crippen molar-refractivity contribution >= 4 is 17.0 Å². The van der Waals surface area contributed by atoms with Crippen molar-refractivity contribution in [1.82, 2.24) is 21.0 Å². The number of hydrogen-bond acceptors (Lipinski definition) is 7. The van der Waals surface area contributed by atoms with E-state index in [1.54, 1.807) is 11.3 Å². The maximum atomic E-state index is 6.66. The van der Waals surface area contributed by atoms with E-state index in [9.17, 15) is 0 Å². The molecule has 1 fully saturated rings. The van der Waals surface area contributed by atoms with Crippen molar-refractivity contribution in [3.8, 4) is 0 Å². The van der Waals surface area contributed by atoms with Gasteiger partial charge in [-0.1, -0.05) is 48.5 Å². The number of nitrogens with one attached hydrogen (secondary N) is 2. The molecule has 3 aromatic rings. The highest BCUT2D eigenvalue weighted by molar-refractivity contribution is 7.11. The molecule has 2 aromatic carbocycles. The SMILES string of the molecule is Cc1nc(CN2NC(N)(c3ccccc3)NN2c2ccccc2)sc1C. The minimum Gasteiger partial charge on any atom is -0.295 e. The summed E-state index contributed by atoms with van der Waals surface area (Å²) >= 11 is 1.71. The first-order chi connectivity index (χ1) is 12.5. The summed E-state index contributed by atoms with van der Waals surface area (Å²) in [5, 5.41) is 4.95. The Balaban J connectivity index is 1.67. The third-order valence-electron chi connectivity index (χ3n) is 4.42. The summed E-state index contributed by atoms with van der Waals surface area (Å²) in [7, 11) is 0. The Morgan fingerprint density at radius 1 is 1.00 bits per heavy atom. The number of nitrogens with zero attached hydrogens (tertiary/aromatic N) is 3. The maximum absolute atomic E-state index is 6.66. The van der Waals surface area contributed by atoms with Crippen molar-refractivity contribution < 1.29 is 0 Å². The molecule has 0 spiro atoms. The standard InChI is InChI=1S/C19H22N6S/c1-14-15(2)26-18(21-14)13-24-22-19(20,16-9-5-3-6-10-16)23-25(24)17-11-7-4-8-12-17/h3-12,22-23H,13,20H2,1-2H3. The summed E-state index contributed by atoms with van der Waals surface area (Å²) in [6, 6.07) is 20.0. The third-order valence-corrected chi connectivity index (χ3v) is 5.47. The van der Waals surface area contributed by atoms with Crippen LogP contribution >= 0.6 is 11.3 Å². The molecule has 0 saturated carbocycles. The van der Waals surface area contributed by atoms with E-state index in [0.29, 0.717) is 6.54 Å². The molecule has 0 bridgehead atoms. The van der Waals surface area contributed by atoms with Crippen molar-refractivity contribution in [2.24, 2.45) is 5.73 Å². The molecule has 1 unspecified atom stereocenters. The smallest absolute Gasteiger partial charge is 0.180 e. The number of nitrogens with two attached hydrogens (primary N) is 1. The van der Waals surface area contributed by atoms with Crippen LogP contribution in [0.3, 0.4) is 0 Å². The third kappa shape index (κ3) is 3.23. The number of rotatable bonds is 4. The monoisotopic (exact) mass is 366 g/mol. The molecule has 26 heavy (non-hydrogen) atoms. The summed E-state index contributed by atoms with van der Waals surface area (Å²) in [4.78, 5) is 5.90. The zero-order chi connectivity index (χ0) is 18.1. The largest absolute Gasteiger partial charge is 0.295 e. The topological polar surface area (TPSA) is 69.5 Å². The van der Waals surface area contributed by atoms with Crippen LogP contribution in [0.4, 0.5) is 5.69 Å². The van der Waals surface area contributed by atoms with E-state index in [1.807, 2.05) is 77.8 Å². The Morgan fingerprint density at radius 3 is 2.27 bits per heavy atom. The van der Waals surface area contributed by atoms with Gasteiger partial charge in [-0.3, -0.25) is 5.73 Å². The van der Waals surface area contributed by atoms with Crippen molar-refractivity contribution in [3.05, 3.63) is 81.8 Å². The molecule has 7 heteroatoms. The Hall–Kier alpha value is -2.29. The van der Waals surface area contributed by atoms with Crippen molar-refractivity contribution in [1.29, 1.82) is 0 Å². The van der Waals surface area contributed by atoms with Crippen LogP contribution in [-0.2, 0) is 12.3 Å². The van der Waals surface area contributed by atoms with Gasteiger partial charge in [0.2, 0.25) is 0 Å². The number of hydrazine groups is 3. The van der Waals surface area contributed by atoms with Crippen LogP contribution in [0.1, 0.15) is 21.1 Å². The fraction of sp³-hybridized carbons (Fsp3) is 0.211. The highest BCUT2D eigenvalue weighted by Crippen LogP contribution is 2.27. The number of hydrogen-bond donors (Lipinski definition) is 3. The minimum atomic E-state index is -0.904. The second-order valence-electron chi connectivity index (χ2n) is 6.35. The molecule has 0 radical (unpaired) electrons. The number of benzene rings is 2. The number of para-hydroxylation sites is 1. The van der Waals surface area contributed by atoms with E-state index < -0.39 is 5.79 Å². The summed E-state index contributed by atoms with van der Waals surface area (Å²) in [6.45, 7) is 4.74. The molecule has 1 aliphatic rings.